The molecule has 1 aromatic carbocycles. The van der Waals surface area contributed by atoms with Gasteiger partial charge >= 0.3 is 5.97 Å². The number of hydrogen-bond donors (Lipinski definition) is 2. The van der Waals surface area contributed by atoms with Gasteiger partial charge in [0.05, 0.1) is 13.7 Å². The van der Waals surface area contributed by atoms with E-state index in [1.165, 1.54) is 20.1 Å². The lowest BCUT2D eigenvalue weighted by Gasteiger charge is -2.23. The van der Waals surface area contributed by atoms with Gasteiger partial charge in [-0.3, -0.25) is 4.79 Å². The molecule has 16 heavy (non-hydrogen) atoms. The molecule has 0 fully saturated rings. The van der Waals surface area contributed by atoms with Crippen LogP contribution in [-0.2, 0) is 10.2 Å². The Balaban J connectivity index is 3.27. The molecule has 2 N–H and O–H groups in total. The summed E-state index contributed by atoms with van der Waals surface area (Å²) in [5, 5.41) is 18.5. The number of carboxylic acids is 1. The highest BCUT2D eigenvalue weighted by Crippen LogP contribution is 2.32. The highest BCUT2D eigenvalue weighted by Gasteiger charge is 2.36. The quantitative estimate of drug-likeness (QED) is 0.846. The van der Waals surface area contributed by atoms with E-state index in [-0.39, 0.29) is 5.02 Å². The van der Waals surface area contributed by atoms with Gasteiger partial charge in [-0.15, -0.1) is 0 Å². The molecular formula is C11H13ClO4. The van der Waals surface area contributed by atoms with E-state index in [9.17, 15) is 9.90 Å². The van der Waals surface area contributed by atoms with Crippen LogP contribution in [0.4, 0.5) is 0 Å². The molecule has 1 rings (SSSR count). The number of methoxy groups -OCH3 is 1. The molecule has 0 saturated carbocycles. The van der Waals surface area contributed by atoms with Crippen molar-refractivity contribution in [3.63, 3.8) is 0 Å². The van der Waals surface area contributed by atoms with Crippen LogP contribution >= 0.6 is 11.6 Å². The van der Waals surface area contributed by atoms with Gasteiger partial charge in [-0.1, -0.05) is 17.7 Å². The number of carbonyl (C=O) groups is 1. The maximum Gasteiger partial charge on any atom is 0.316 e. The first-order chi connectivity index (χ1) is 7.45. The molecule has 0 aromatic heterocycles. The molecule has 1 unspecified atom stereocenters. The smallest absolute Gasteiger partial charge is 0.316 e. The van der Waals surface area contributed by atoms with E-state index in [0.29, 0.717) is 11.3 Å². The molecule has 0 radical (unpaired) electrons. The highest BCUT2D eigenvalue weighted by molar-refractivity contribution is 6.31. The lowest BCUT2D eigenvalue weighted by atomic mass is 9.83. The van der Waals surface area contributed by atoms with Crippen LogP contribution < -0.4 is 4.74 Å². The maximum absolute atomic E-state index is 11.1. The number of hydrogen-bond acceptors (Lipinski definition) is 3. The standard InChI is InChI=1S/C11H13ClO4/c1-11(6-13,10(14)15)8-4-3-7(16-2)5-9(8)12/h3-5,13H,6H2,1-2H3,(H,14,15). The number of rotatable bonds is 4. The lowest BCUT2D eigenvalue weighted by molar-refractivity contribution is -0.144. The Morgan fingerprint density at radius 2 is 2.19 bits per heavy atom. The minimum absolute atomic E-state index is 0.262. The van der Waals surface area contributed by atoms with Crippen LogP contribution in [0, 0.1) is 0 Å². The SMILES string of the molecule is COc1ccc(C(C)(CO)C(=O)O)c(Cl)c1. The first-order valence-electron chi connectivity index (χ1n) is 4.64. The Hall–Kier alpha value is -1.26. The summed E-state index contributed by atoms with van der Waals surface area (Å²) >= 11 is 5.96. The average Bonchev–Trinajstić information content (AvgIpc) is 2.27. The first-order valence-corrected chi connectivity index (χ1v) is 5.01. The normalized spacial score (nSPS) is 14.2. The predicted octanol–water partition coefficient (Wildman–Crippen LogP) is 1.68. The Morgan fingerprint density at radius 3 is 2.56 bits per heavy atom. The van der Waals surface area contributed by atoms with Crippen LogP contribution in [0.2, 0.25) is 5.02 Å². The third kappa shape index (κ3) is 2.13. The minimum atomic E-state index is -1.40. The summed E-state index contributed by atoms with van der Waals surface area (Å²) < 4.78 is 4.96. The Morgan fingerprint density at radius 1 is 1.56 bits per heavy atom. The average molecular weight is 245 g/mol. The van der Waals surface area contributed by atoms with E-state index in [2.05, 4.69) is 0 Å². The molecule has 0 aliphatic carbocycles. The number of aliphatic hydroxyl groups is 1. The molecule has 0 heterocycles. The maximum atomic E-state index is 11.1. The molecule has 0 bridgehead atoms. The van der Waals surface area contributed by atoms with Crippen LogP contribution in [0.15, 0.2) is 18.2 Å². The molecule has 0 aliphatic heterocycles. The molecule has 0 amide bonds. The van der Waals surface area contributed by atoms with Gasteiger partial charge in [-0.25, -0.2) is 0 Å². The highest BCUT2D eigenvalue weighted by atomic mass is 35.5. The van der Waals surface area contributed by atoms with Gasteiger partial charge in [0, 0.05) is 5.02 Å². The van der Waals surface area contributed by atoms with Crippen molar-refractivity contribution in [3.05, 3.63) is 28.8 Å². The molecule has 5 heteroatoms. The second-order valence-electron chi connectivity index (χ2n) is 3.64. The summed E-state index contributed by atoms with van der Waals surface area (Å²) in [6.07, 6.45) is 0. The number of aliphatic carboxylic acids is 1. The van der Waals surface area contributed by atoms with Crippen molar-refractivity contribution in [2.45, 2.75) is 12.3 Å². The zero-order chi connectivity index (χ0) is 12.3. The Kier molecular flexibility index (Phi) is 3.78. The fourth-order valence-corrected chi connectivity index (χ4v) is 1.72. The van der Waals surface area contributed by atoms with E-state index in [0.717, 1.165) is 0 Å². The Bertz CT molecular complexity index is 405. The van der Waals surface area contributed by atoms with Gasteiger partial charge in [0.15, 0.2) is 0 Å². The Labute approximate surface area is 98.4 Å². The van der Waals surface area contributed by atoms with E-state index in [1.54, 1.807) is 12.1 Å². The number of aliphatic hydroxyl groups excluding tert-OH is 1. The number of carboxylic acid groups (broad SMARTS) is 1. The van der Waals surface area contributed by atoms with E-state index in [1.807, 2.05) is 0 Å². The number of halogens is 1. The first kappa shape index (κ1) is 12.8. The molecule has 1 aromatic rings. The molecule has 0 spiro atoms. The van der Waals surface area contributed by atoms with Gasteiger partial charge in [0.2, 0.25) is 0 Å². The van der Waals surface area contributed by atoms with Crippen molar-refractivity contribution in [1.82, 2.24) is 0 Å². The molecular weight excluding hydrogens is 232 g/mol. The van der Waals surface area contributed by atoms with Crippen molar-refractivity contribution < 1.29 is 19.7 Å². The zero-order valence-corrected chi connectivity index (χ0v) is 9.78. The number of ether oxygens (including phenoxy) is 1. The van der Waals surface area contributed by atoms with Gasteiger partial charge in [0.25, 0.3) is 0 Å². The lowest BCUT2D eigenvalue weighted by Crippen LogP contribution is -2.36. The summed E-state index contributed by atoms with van der Waals surface area (Å²) in [5.41, 5.74) is -1.03. The van der Waals surface area contributed by atoms with E-state index >= 15 is 0 Å². The third-order valence-electron chi connectivity index (χ3n) is 2.56. The molecule has 1 atom stereocenters. The van der Waals surface area contributed by atoms with Crippen LogP contribution in [0.3, 0.4) is 0 Å². The van der Waals surface area contributed by atoms with Crippen molar-refractivity contribution in [1.29, 1.82) is 0 Å². The van der Waals surface area contributed by atoms with Crippen LogP contribution in [0.1, 0.15) is 12.5 Å². The summed E-state index contributed by atoms with van der Waals surface area (Å²) in [6, 6.07) is 4.68. The van der Waals surface area contributed by atoms with Crippen molar-refractivity contribution >= 4 is 17.6 Å². The zero-order valence-electron chi connectivity index (χ0n) is 9.03. The molecule has 4 nitrogen and oxygen atoms in total. The van der Waals surface area contributed by atoms with Crippen LogP contribution in [0.25, 0.3) is 0 Å². The molecule has 0 saturated heterocycles. The topological polar surface area (TPSA) is 66.8 Å². The van der Waals surface area contributed by atoms with E-state index < -0.39 is 18.0 Å². The number of benzene rings is 1. The predicted molar refractivity (Wildman–Crippen MR) is 60.1 cm³/mol. The molecule has 0 aliphatic rings. The van der Waals surface area contributed by atoms with Gasteiger partial charge in [-0.05, 0) is 24.6 Å². The fraction of sp³-hybridized carbons (Fsp3) is 0.364. The second-order valence-corrected chi connectivity index (χ2v) is 4.05. The van der Waals surface area contributed by atoms with Crippen molar-refractivity contribution in [2.75, 3.05) is 13.7 Å². The summed E-state index contributed by atoms with van der Waals surface area (Å²) in [5.74, 6) is -0.582. The summed E-state index contributed by atoms with van der Waals surface area (Å²) in [7, 11) is 1.49. The van der Waals surface area contributed by atoms with Crippen molar-refractivity contribution in [3.8, 4) is 5.75 Å². The van der Waals surface area contributed by atoms with E-state index in [4.69, 9.17) is 21.4 Å². The van der Waals surface area contributed by atoms with Crippen molar-refractivity contribution in [2.24, 2.45) is 0 Å². The van der Waals surface area contributed by atoms with Gasteiger partial charge in [0.1, 0.15) is 11.2 Å². The summed E-state index contributed by atoms with van der Waals surface area (Å²) in [6.45, 7) is 0.900. The largest absolute Gasteiger partial charge is 0.497 e. The monoisotopic (exact) mass is 244 g/mol. The molecule has 88 valence electrons. The van der Waals surface area contributed by atoms with Gasteiger partial charge in [-0.2, -0.15) is 0 Å². The summed E-state index contributed by atoms with van der Waals surface area (Å²) in [4.78, 5) is 11.1. The second kappa shape index (κ2) is 4.72. The van der Waals surface area contributed by atoms with Gasteiger partial charge < -0.3 is 14.9 Å². The minimum Gasteiger partial charge on any atom is -0.497 e. The van der Waals surface area contributed by atoms with Crippen LogP contribution in [0.5, 0.6) is 5.75 Å². The van der Waals surface area contributed by atoms with Crippen LogP contribution in [-0.4, -0.2) is 29.9 Å². The fourth-order valence-electron chi connectivity index (χ4n) is 1.34. The third-order valence-corrected chi connectivity index (χ3v) is 2.87.